The molecule has 1 fully saturated rings. The van der Waals surface area contributed by atoms with E-state index in [0.29, 0.717) is 36.6 Å². The smallest absolute Gasteiger partial charge is 0.290 e. The van der Waals surface area contributed by atoms with Crippen molar-refractivity contribution in [3.63, 3.8) is 0 Å². The summed E-state index contributed by atoms with van der Waals surface area (Å²) in [5.41, 5.74) is 2.60. The van der Waals surface area contributed by atoms with E-state index in [9.17, 15) is 4.79 Å². The average Bonchev–Trinajstić information content (AvgIpc) is 3.32. The highest BCUT2D eigenvalue weighted by Crippen LogP contribution is 2.44. The van der Waals surface area contributed by atoms with Crippen LogP contribution in [0.25, 0.3) is 10.9 Å². The fourth-order valence-electron chi connectivity index (χ4n) is 4.28. The Kier molecular flexibility index (Phi) is 5.42. The van der Waals surface area contributed by atoms with Crippen LogP contribution in [0.3, 0.4) is 0 Å². The number of anilines is 1. The fourth-order valence-corrected chi connectivity index (χ4v) is 5.02. The Bertz CT molecular complexity index is 1320. The lowest BCUT2D eigenvalue weighted by molar-refractivity contribution is 0.143. The standard InChI is InChI=1S/C23H26N6O2S/c1-14-24-11-16(32-14)12-25-19-10-21(26-29(3)23(19)30)31-13-15-8-9-17(15)22-18-6-4-5-7-20(18)28(2)27-22/h4-7,10-11,15,17,25H,8-9,12-13H2,1-3H3/t15-,17+/m0/s1. The van der Waals surface area contributed by atoms with E-state index in [2.05, 4.69) is 33.6 Å². The SMILES string of the molecule is Cc1ncc(CNc2cc(OC[C@@H]3CC[C@H]3c3nn(C)c4ccccc34)nn(C)c2=O)s1. The third-order valence-corrected chi connectivity index (χ3v) is 7.08. The van der Waals surface area contributed by atoms with E-state index in [-0.39, 0.29) is 5.56 Å². The molecule has 166 valence electrons. The van der Waals surface area contributed by atoms with E-state index in [4.69, 9.17) is 9.84 Å². The average molecular weight is 451 g/mol. The van der Waals surface area contributed by atoms with Crippen LogP contribution in [0.15, 0.2) is 41.3 Å². The van der Waals surface area contributed by atoms with E-state index >= 15 is 0 Å². The normalized spacial score (nSPS) is 18.0. The molecule has 2 atom stereocenters. The van der Waals surface area contributed by atoms with Crippen LogP contribution in [-0.4, -0.2) is 31.2 Å². The summed E-state index contributed by atoms with van der Waals surface area (Å²) in [5, 5.41) is 14.5. The number of para-hydroxylation sites is 1. The molecular weight excluding hydrogens is 424 g/mol. The van der Waals surface area contributed by atoms with Crippen LogP contribution in [0.4, 0.5) is 5.69 Å². The molecule has 1 aliphatic rings. The Hall–Kier alpha value is -3.20. The molecule has 0 unspecified atom stereocenters. The summed E-state index contributed by atoms with van der Waals surface area (Å²) in [7, 11) is 3.63. The predicted molar refractivity (Wildman–Crippen MR) is 125 cm³/mol. The molecule has 0 aliphatic heterocycles. The lowest BCUT2D eigenvalue weighted by Crippen LogP contribution is -2.30. The first-order valence-electron chi connectivity index (χ1n) is 10.8. The molecule has 5 rings (SSSR count). The topological polar surface area (TPSA) is 86.9 Å². The van der Waals surface area contributed by atoms with Gasteiger partial charge >= 0.3 is 0 Å². The van der Waals surface area contributed by atoms with Crippen LogP contribution < -0.4 is 15.6 Å². The van der Waals surface area contributed by atoms with Gasteiger partial charge in [-0.1, -0.05) is 18.2 Å². The second-order valence-electron chi connectivity index (χ2n) is 8.31. The van der Waals surface area contributed by atoms with Crippen LogP contribution in [0.5, 0.6) is 5.88 Å². The number of rotatable bonds is 7. The van der Waals surface area contributed by atoms with Gasteiger partial charge in [-0.15, -0.1) is 16.4 Å². The molecule has 8 nitrogen and oxygen atoms in total. The maximum Gasteiger partial charge on any atom is 0.290 e. The van der Waals surface area contributed by atoms with E-state index in [1.807, 2.05) is 30.9 Å². The molecule has 0 radical (unpaired) electrons. The van der Waals surface area contributed by atoms with Crippen molar-refractivity contribution in [3.8, 4) is 5.88 Å². The van der Waals surface area contributed by atoms with Gasteiger partial charge in [0, 0.05) is 48.5 Å². The number of hydrogen-bond donors (Lipinski definition) is 1. The van der Waals surface area contributed by atoms with Crippen molar-refractivity contribution >= 4 is 27.9 Å². The number of hydrogen-bond acceptors (Lipinski definition) is 7. The molecule has 1 aromatic carbocycles. The zero-order valence-electron chi connectivity index (χ0n) is 18.4. The van der Waals surface area contributed by atoms with Gasteiger partial charge in [0.05, 0.1) is 29.4 Å². The van der Waals surface area contributed by atoms with Crippen LogP contribution >= 0.6 is 11.3 Å². The van der Waals surface area contributed by atoms with E-state index < -0.39 is 0 Å². The number of benzene rings is 1. The summed E-state index contributed by atoms with van der Waals surface area (Å²) in [5.74, 6) is 1.20. The van der Waals surface area contributed by atoms with Gasteiger partial charge in [-0.05, 0) is 25.8 Å². The number of aromatic nitrogens is 5. The molecule has 4 aromatic rings. The minimum atomic E-state index is -0.180. The van der Waals surface area contributed by atoms with Crippen LogP contribution in [0, 0.1) is 12.8 Å². The number of fused-ring (bicyclic) bond motifs is 1. The van der Waals surface area contributed by atoms with Crippen molar-refractivity contribution in [3.05, 3.63) is 62.5 Å². The van der Waals surface area contributed by atoms with Gasteiger partial charge in [0.1, 0.15) is 5.69 Å². The number of ether oxygens (including phenoxy) is 1. The highest BCUT2D eigenvalue weighted by Gasteiger charge is 2.36. The van der Waals surface area contributed by atoms with Gasteiger partial charge in [-0.25, -0.2) is 9.67 Å². The lowest BCUT2D eigenvalue weighted by Gasteiger charge is -2.35. The fraction of sp³-hybridized carbons (Fsp3) is 0.391. The Morgan fingerprint density at radius 2 is 2.03 bits per heavy atom. The number of aryl methyl sites for hydroxylation is 3. The van der Waals surface area contributed by atoms with Crippen molar-refractivity contribution in [2.75, 3.05) is 11.9 Å². The molecule has 9 heteroatoms. The molecule has 3 heterocycles. The molecule has 1 saturated carbocycles. The third-order valence-electron chi connectivity index (χ3n) is 6.16. The summed E-state index contributed by atoms with van der Waals surface area (Å²) >= 11 is 1.61. The maximum absolute atomic E-state index is 12.5. The molecule has 1 N–H and O–H groups in total. The minimum Gasteiger partial charge on any atom is -0.476 e. The van der Waals surface area contributed by atoms with Gasteiger partial charge in [-0.3, -0.25) is 9.48 Å². The first-order chi connectivity index (χ1) is 15.5. The first-order valence-corrected chi connectivity index (χ1v) is 11.6. The largest absolute Gasteiger partial charge is 0.476 e. The highest BCUT2D eigenvalue weighted by atomic mass is 32.1. The van der Waals surface area contributed by atoms with Crippen molar-refractivity contribution in [1.82, 2.24) is 24.5 Å². The lowest BCUT2D eigenvalue weighted by atomic mass is 9.71. The Morgan fingerprint density at radius 1 is 1.19 bits per heavy atom. The van der Waals surface area contributed by atoms with E-state index in [1.165, 1.54) is 10.1 Å². The van der Waals surface area contributed by atoms with E-state index in [0.717, 1.165) is 33.9 Å². The van der Waals surface area contributed by atoms with Crippen molar-refractivity contribution in [1.29, 1.82) is 0 Å². The first kappa shape index (κ1) is 20.7. The number of thiazole rings is 1. The Morgan fingerprint density at radius 3 is 2.78 bits per heavy atom. The molecule has 0 saturated heterocycles. The van der Waals surface area contributed by atoms with Gasteiger partial charge in [0.25, 0.3) is 5.56 Å². The van der Waals surface area contributed by atoms with E-state index in [1.54, 1.807) is 24.5 Å². The quantitative estimate of drug-likeness (QED) is 0.463. The molecule has 0 amide bonds. The molecule has 32 heavy (non-hydrogen) atoms. The molecular formula is C23H26N6O2S. The zero-order chi connectivity index (χ0) is 22.2. The maximum atomic E-state index is 12.5. The van der Waals surface area contributed by atoms with Gasteiger partial charge < -0.3 is 10.1 Å². The predicted octanol–water partition coefficient (Wildman–Crippen LogP) is 3.62. The molecule has 0 bridgehead atoms. The van der Waals surface area contributed by atoms with Crippen LogP contribution in [0.2, 0.25) is 0 Å². The summed E-state index contributed by atoms with van der Waals surface area (Å²) in [6.45, 7) is 3.06. The van der Waals surface area contributed by atoms with Crippen molar-refractivity contribution < 1.29 is 4.74 Å². The summed E-state index contributed by atoms with van der Waals surface area (Å²) in [6.07, 6.45) is 4.03. The van der Waals surface area contributed by atoms with Gasteiger partial charge in [0.2, 0.25) is 5.88 Å². The van der Waals surface area contributed by atoms with Crippen molar-refractivity contribution in [2.45, 2.75) is 32.2 Å². The van der Waals surface area contributed by atoms with Crippen LogP contribution in [0.1, 0.15) is 34.3 Å². The zero-order valence-corrected chi connectivity index (χ0v) is 19.2. The number of nitrogens with zero attached hydrogens (tertiary/aromatic N) is 5. The third kappa shape index (κ3) is 3.88. The second-order valence-corrected chi connectivity index (χ2v) is 9.62. The summed E-state index contributed by atoms with van der Waals surface area (Å²) < 4.78 is 9.33. The second kappa shape index (κ2) is 8.38. The summed E-state index contributed by atoms with van der Waals surface area (Å²) in [6, 6.07) is 10.0. The Labute approximate surface area is 189 Å². The van der Waals surface area contributed by atoms with Crippen LogP contribution in [-0.2, 0) is 20.6 Å². The van der Waals surface area contributed by atoms with Gasteiger partial charge in [-0.2, -0.15) is 5.10 Å². The summed E-state index contributed by atoms with van der Waals surface area (Å²) in [4.78, 5) is 17.8. The highest BCUT2D eigenvalue weighted by molar-refractivity contribution is 7.11. The monoisotopic (exact) mass is 450 g/mol. The molecule has 1 aliphatic carbocycles. The number of nitrogens with one attached hydrogen (secondary N) is 1. The molecule has 0 spiro atoms. The van der Waals surface area contributed by atoms with Crippen molar-refractivity contribution in [2.24, 2.45) is 20.0 Å². The molecule has 3 aromatic heterocycles. The van der Waals surface area contributed by atoms with Gasteiger partial charge in [0.15, 0.2) is 0 Å². The minimum absolute atomic E-state index is 0.180. The Balaban J connectivity index is 1.28.